The highest BCUT2D eigenvalue weighted by Crippen LogP contribution is 2.32. The van der Waals surface area contributed by atoms with Crippen molar-refractivity contribution in [1.29, 1.82) is 0 Å². The van der Waals surface area contributed by atoms with Crippen LogP contribution in [-0.2, 0) is 4.79 Å². The molecule has 1 aromatic heterocycles. The molecule has 1 N–H and O–H groups in total. The lowest BCUT2D eigenvalue weighted by atomic mass is 10.1. The second kappa shape index (κ2) is 8.41. The van der Waals surface area contributed by atoms with Crippen molar-refractivity contribution in [3.05, 3.63) is 70.5 Å². The molecular weight excluding hydrogens is 382 g/mol. The predicted octanol–water partition coefficient (Wildman–Crippen LogP) is 3.58. The molecule has 1 amide bonds. The van der Waals surface area contributed by atoms with Gasteiger partial charge in [-0.1, -0.05) is 36.8 Å². The summed E-state index contributed by atoms with van der Waals surface area (Å²) in [6.45, 7) is 4.82. The summed E-state index contributed by atoms with van der Waals surface area (Å²) >= 11 is 0. The van der Waals surface area contributed by atoms with Gasteiger partial charge in [0.2, 0.25) is 5.91 Å². The summed E-state index contributed by atoms with van der Waals surface area (Å²) in [5.74, 6) is 0.920. The molecule has 1 unspecified atom stereocenters. The molecule has 0 radical (unpaired) electrons. The minimum absolute atomic E-state index is 0.315. The number of nitrogens with zero attached hydrogens (tertiary/aromatic N) is 2. The van der Waals surface area contributed by atoms with Crippen LogP contribution >= 0.6 is 0 Å². The van der Waals surface area contributed by atoms with Crippen molar-refractivity contribution in [2.75, 3.05) is 18.5 Å². The Hall–Kier alpha value is -3.61. The zero-order valence-electron chi connectivity index (χ0n) is 16.9. The number of hydrogen-bond acceptors (Lipinski definition) is 5. The third-order valence-corrected chi connectivity index (χ3v) is 4.97. The van der Waals surface area contributed by atoms with Gasteiger partial charge in [-0.15, -0.1) is 0 Å². The Kier molecular flexibility index (Phi) is 5.52. The summed E-state index contributed by atoms with van der Waals surface area (Å²) in [5, 5.41) is 7.34. The van der Waals surface area contributed by atoms with Crippen LogP contribution < -0.4 is 20.3 Å². The lowest BCUT2D eigenvalue weighted by Gasteiger charge is -2.20. The molecular formula is C23H23N3O4. The Morgan fingerprint density at radius 2 is 1.80 bits per heavy atom. The van der Waals surface area contributed by atoms with Gasteiger partial charge in [-0.25, -0.2) is 4.68 Å². The van der Waals surface area contributed by atoms with Crippen molar-refractivity contribution in [3.8, 4) is 22.8 Å². The molecule has 2 aromatic carbocycles. The van der Waals surface area contributed by atoms with E-state index in [4.69, 9.17) is 9.47 Å². The van der Waals surface area contributed by atoms with Crippen molar-refractivity contribution >= 4 is 11.6 Å². The van der Waals surface area contributed by atoms with Crippen molar-refractivity contribution < 1.29 is 14.3 Å². The van der Waals surface area contributed by atoms with Gasteiger partial charge in [0.05, 0.1) is 5.69 Å². The maximum absolute atomic E-state index is 13.0. The summed E-state index contributed by atoms with van der Waals surface area (Å²) in [5.41, 5.74) is 2.91. The number of amides is 1. The fourth-order valence-corrected chi connectivity index (χ4v) is 3.34. The van der Waals surface area contributed by atoms with E-state index in [1.54, 1.807) is 24.3 Å². The van der Waals surface area contributed by atoms with Gasteiger partial charge in [0.25, 0.3) is 5.56 Å². The molecule has 0 aliphatic carbocycles. The quantitative estimate of drug-likeness (QED) is 0.702. The average Bonchev–Trinajstić information content (AvgIpc) is 2.76. The van der Waals surface area contributed by atoms with E-state index in [9.17, 15) is 9.59 Å². The van der Waals surface area contributed by atoms with Gasteiger partial charge >= 0.3 is 0 Å². The summed E-state index contributed by atoms with van der Waals surface area (Å²) in [6, 6.07) is 15.5. The Labute approximate surface area is 174 Å². The minimum atomic E-state index is -0.740. The fourth-order valence-electron chi connectivity index (χ4n) is 3.34. The lowest BCUT2D eigenvalue weighted by molar-refractivity contribution is -0.119. The van der Waals surface area contributed by atoms with Crippen LogP contribution in [0.15, 0.2) is 59.4 Å². The highest BCUT2D eigenvalue weighted by Gasteiger charge is 2.22. The summed E-state index contributed by atoms with van der Waals surface area (Å²) in [4.78, 5) is 25.5. The molecule has 0 fully saturated rings. The number of ether oxygens (including phenoxy) is 2. The average molecular weight is 405 g/mol. The van der Waals surface area contributed by atoms with E-state index in [1.807, 2.05) is 38.1 Å². The molecule has 0 saturated carbocycles. The standard InChI is InChI=1S/C23H23N3O4/c1-3-19(23(28)24-17-8-10-20-21(14-17)30-13-12-29-20)26-22(27)11-9-18(25-26)16-6-4-15(2)5-7-16/h4-11,14,19H,3,12-13H2,1-2H3,(H,24,28). The third kappa shape index (κ3) is 4.05. The first kappa shape index (κ1) is 19.7. The van der Waals surface area contributed by atoms with Gasteiger partial charge in [-0.05, 0) is 31.5 Å². The molecule has 30 heavy (non-hydrogen) atoms. The summed E-state index contributed by atoms with van der Waals surface area (Å²) in [6.07, 6.45) is 0.417. The second-order valence-corrected chi connectivity index (χ2v) is 7.14. The zero-order chi connectivity index (χ0) is 21.1. The molecule has 7 nitrogen and oxygen atoms in total. The maximum Gasteiger partial charge on any atom is 0.267 e. The number of hydrogen-bond donors (Lipinski definition) is 1. The highest BCUT2D eigenvalue weighted by atomic mass is 16.6. The number of nitrogens with one attached hydrogen (secondary N) is 1. The molecule has 2 heterocycles. The van der Waals surface area contributed by atoms with Gasteiger partial charge in [0.15, 0.2) is 11.5 Å². The van der Waals surface area contributed by atoms with E-state index >= 15 is 0 Å². The van der Waals surface area contributed by atoms with E-state index < -0.39 is 6.04 Å². The molecule has 3 aromatic rings. The minimum Gasteiger partial charge on any atom is -0.486 e. The van der Waals surface area contributed by atoms with E-state index in [1.165, 1.54) is 10.7 Å². The maximum atomic E-state index is 13.0. The highest BCUT2D eigenvalue weighted by molar-refractivity contribution is 5.94. The number of aryl methyl sites for hydroxylation is 1. The largest absolute Gasteiger partial charge is 0.486 e. The summed E-state index contributed by atoms with van der Waals surface area (Å²) in [7, 11) is 0. The van der Waals surface area contributed by atoms with Gasteiger partial charge in [0.1, 0.15) is 19.3 Å². The molecule has 1 aliphatic rings. The first-order valence-corrected chi connectivity index (χ1v) is 9.92. The van der Waals surface area contributed by atoms with Crippen LogP contribution in [0.4, 0.5) is 5.69 Å². The van der Waals surface area contributed by atoms with Crippen molar-refractivity contribution in [1.82, 2.24) is 9.78 Å². The Morgan fingerprint density at radius 3 is 2.53 bits per heavy atom. The number of anilines is 1. The number of benzene rings is 2. The van der Waals surface area contributed by atoms with Crippen molar-refractivity contribution in [2.45, 2.75) is 26.3 Å². The van der Waals surface area contributed by atoms with Crippen LogP contribution in [-0.4, -0.2) is 28.9 Å². The molecule has 7 heteroatoms. The van der Waals surface area contributed by atoms with Crippen LogP contribution in [0.25, 0.3) is 11.3 Å². The predicted molar refractivity (Wildman–Crippen MR) is 114 cm³/mol. The van der Waals surface area contributed by atoms with Gasteiger partial charge < -0.3 is 14.8 Å². The number of aromatic nitrogens is 2. The van der Waals surface area contributed by atoms with Crippen LogP contribution in [0, 0.1) is 6.92 Å². The van der Waals surface area contributed by atoms with Crippen LogP contribution in [0.5, 0.6) is 11.5 Å². The zero-order valence-corrected chi connectivity index (χ0v) is 16.9. The molecule has 0 spiro atoms. The summed E-state index contributed by atoms with van der Waals surface area (Å²) < 4.78 is 12.3. The Balaban J connectivity index is 1.60. The Bertz CT molecular complexity index is 1120. The van der Waals surface area contributed by atoms with Crippen LogP contribution in [0.3, 0.4) is 0 Å². The smallest absolute Gasteiger partial charge is 0.267 e. The molecule has 1 aliphatic heterocycles. The van der Waals surface area contributed by atoms with Crippen molar-refractivity contribution in [3.63, 3.8) is 0 Å². The molecule has 0 bridgehead atoms. The van der Waals surface area contributed by atoms with Crippen LogP contribution in [0.1, 0.15) is 24.9 Å². The molecule has 0 saturated heterocycles. The van der Waals surface area contributed by atoms with E-state index in [0.717, 1.165) is 11.1 Å². The number of fused-ring (bicyclic) bond motifs is 1. The Morgan fingerprint density at radius 1 is 1.07 bits per heavy atom. The third-order valence-electron chi connectivity index (χ3n) is 4.97. The SMILES string of the molecule is CCC(C(=O)Nc1ccc2c(c1)OCCO2)n1nc(-c2ccc(C)cc2)ccc1=O. The van der Waals surface area contributed by atoms with Crippen LogP contribution in [0.2, 0.25) is 0 Å². The second-order valence-electron chi connectivity index (χ2n) is 7.14. The lowest BCUT2D eigenvalue weighted by Crippen LogP contribution is -2.34. The number of carbonyl (C=O) groups is 1. The number of rotatable bonds is 5. The molecule has 4 rings (SSSR count). The monoisotopic (exact) mass is 405 g/mol. The molecule has 154 valence electrons. The first-order chi connectivity index (χ1) is 14.5. The van der Waals surface area contributed by atoms with Gasteiger partial charge in [-0.3, -0.25) is 9.59 Å². The number of carbonyl (C=O) groups excluding carboxylic acids is 1. The van der Waals surface area contributed by atoms with Gasteiger partial charge in [0, 0.05) is 23.4 Å². The van der Waals surface area contributed by atoms with Gasteiger partial charge in [-0.2, -0.15) is 5.10 Å². The first-order valence-electron chi connectivity index (χ1n) is 9.92. The normalized spacial score (nSPS) is 13.5. The fraction of sp³-hybridized carbons (Fsp3) is 0.261. The van der Waals surface area contributed by atoms with E-state index in [0.29, 0.717) is 42.5 Å². The molecule has 1 atom stereocenters. The van der Waals surface area contributed by atoms with E-state index in [2.05, 4.69) is 10.4 Å². The van der Waals surface area contributed by atoms with E-state index in [-0.39, 0.29) is 11.5 Å². The topological polar surface area (TPSA) is 82.4 Å². The van der Waals surface area contributed by atoms with Crippen molar-refractivity contribution in [2.24, 2.45) is 0 Å².